The SMILES string of the molecule is CNC(C#N)(COCC1CCCC1)C1CC1. The molecule has 0 aromatic carbocycles. The lowest BCUT2D eigenvalue weighted by molar-refractivity contribution is 0.0604. The van der Waals surface area contributed by atoms with Crippen molar-refractivity contribution in [1.29, 1.82) is 5.26 Å². The summed E-state index contributed by atoms with van der Waals surface area (Å²) in [5.41, 5.74) is -0.418. The number of rotatable bonds is 6. The highest BCUT2D eigenvalue weighted by atomic mass is 16.5. The third kappa shape index (κ3) is 2.56. The molecule has 1 atom stereocenters. The van der Waals surface area contributed by atoms with Crippen molar-refractivity contribution in [3.05, 3.63) is 0 Å². The molecule has 3 heteroatoms. The van der Waals surface area contributed by atoms with Gasteiger partial charge in [0.15, 0.2) is 0 Å². The Bertz CT molecular complexity index is 264. The quantitative estimate of drug-likeness (QED) is 0.748. The van der Waals surface area contributed by atoms with Crippen molar-refractivity contribution in [3.63, 3.8) is 0 Å². The van der Waals surface area contributed by atoms with Crippen molar-refractivity contribution in [2.45, 2.75) is 44.1 Å². The van der Waals surface area contributed by atoms with Crippen LogP contribution < -0.4 is 5.32 Å². The number of hydrogen-bond donors (Lipinski definition) is 1. The van der Waals surface area contributed by atoms with Gasteiger partial charge in [0, 0.05) is 6.61 Å². The summed E-state index contributed by atoms with van der Waals surface area (Å²) in [7, 11) is 1.88. The van der Waals surface area contributed by atoms with Gasteiger partial charge >= 0.3 is 0 Å². The molecule has 2 aliphatic carbocycles. The highest BCUT2D eigenvalue weighted by molar-refractivity contribution is 5.14. The third-order valence-corrected chi connectivity index (χ3v) is 4.08. The molecule has 0 aliphatic heterocycles. The van der Waals surface area contributed by atoms with Gasteiger partial charge in [0.05, 0.1) is 12.7 Å². The van der Waals surface area contributed by atoms with E-state index in [0.29, 0.717) is 12.5 Å². The Balaban J connectivity index is 1.75. The van der Waals surface area contributed by atoms with Crippen LogP contribution in [0.3, 0.4) is 0 Å². The average Bonchev–Trinajstić information content (AvgIpc) is 3.04. The summed E-state index contributed by atoms with van der Waals surface area (Å²) in [6, 6.07) is 2.42. The van der Waals surface area contributed by atoms with E-state index in [1.165, 1.54) is 38.5 Å². The molecule has 2 saturated carbocycles. The zero-order chi connectivity index (χ0) is 11.4. The Morgan fingerprint density at radius 3 is 2.50 bits per heavy atom. The molecule has 16 heavy (non-hydrogen) atoms. The smallest absolute Gasteiger partial charge is 0.132 e. The van der Waals surface area contributed by atoms with Crippen LogP contribution in [0.4, 0.5) is 0 Å². The molecule has 0 aromatic heterocycles. The maximum Gasteiger partial charge on any atom is 0.132 e. The molecule has 90 valence electrons. The van der Waals surface area contributed by atoms with E-state index in [1.807, 2.05) is 7.05 Å². The van der Waals surface area contributed by atoms with Gasteiger partial charge in [-0.3, -0.25) is 0 Å². The van der Waals surface area contributed by atoms with Gasteiger partial charge in [0.1, 0.15) is 5.54 Å². The van der Waals surface area contributed by atoms with E-state index < -0.39 is 5.54 Å². The van der Waals surface area contributed by atoms with Crippen LogP contribution in [-0.2, 0) is 4.74 Å². The van der Waals surface area contributed by atoms with Crippen LogP contribution in [0.2, 0.25) is 0 Å². The Morgan fingerprint density at radius 1 is 1.31 bits per heavy atom. The molecule has 0 aromatic rings. The summed E-state index contributed by atoms with van der Waals surface area (Å²) in [6.07, 6.45) is 7.66. The minimum atomic E-state index is -0.418. The number of nitriles is 1. The molecule has 2 rings (SSSR count). The summed E-state index contributed by atoms with van der Waals surface area (Å²) >= 11 is 0. The van der Waals surface area contributed by atoms with Gasteiger partial charge < -0.3 is 10.1 Å². The molecule has 2 fully saturated rings. The van der Waals surface area contributed by atoms with Crippen molar-refractivity contribution < 1.29 is 4.74 Å². The molecule has 3 nitrogen and oxygen atoms in total. The summed E-state index contributed by atoms with van der Waals surface area (Å²) in [4.78, 5) is 0. The number of nitrogens with zero attached hydrogens (tertiary/aromatic N) is 1. The van der Waals surface area contributed by atoms with E-state index in [9.17, 15) is 5.26 Å². The van der Waals surface area contributed by atoms with Gasteiger partial charge in [-0.2, -0.15) is 5.26 Å². The number of likely N-dealkylation sites (N-methyl/N-ethyl adjacent to an activating group) is 1. The van der Waals surface area contributed by atoms with E-state index in [2.05, 4.69) is 11.4 Å². The van der Waals surface area contributed by atoms with Crippen molar-refractivity contribution >= 4 is 0 Å². The highest BCUT2D eigenvalue weighted by Gasteiger charge is 2.45. The first-order valence-corrected chi connectivity index (χ1v) is 6.48. The van der Waals surface area contributed by atoms with E-state index in [1.54, 1.807) is 0 Å². The van der Waals surface area contributed by atoms with Crippen molar-refractivity contribution in [2.75, 3.05) is 20.3 Å². The maximum atomic E-state index is 9.29. The zero-order valence-corrected chi connectivity index (χ0v) is 10.2. The van der Waals surface area contributed by atoms with Gasteiger partial charge in [-0.25, -0.2) is 0 Å². The number of ether oxygens (including phenoxy) is 1. The monoisotopic (exact) mass is 222 g/mol. The fourth-order valence-electron chi connectivity index (χ4n) is 2.71. The molecule has 0 heterocycles. The second kappa shape index (κ2) is 5.16. The summed E-state index contributed by atoms with van der Waals surface area (Å²) in [6.45, 7) is 1.40. The first-order chi connectivity index (χ1) is 7.80. The second-order valence-electron chi connectivity index (χ2n) is 5.27. The normalized spacial score (nSPS) is 25.2. The number of hydrogen-bond acceptors (Lipinski definition) is 3. The average molecular weight is 222 g/mol. The van der Waals surface area contributed by atoms with Gasteiger partial charge in [0.2, 0.25) is 0 Å². The van der Waals surface area contributed by atoms with Gasteiger partial charge in [-0.1, -0.05) is 12.8 Å². The predicted molar refractivity (Wildman–Crippen MR) is 62.9 cm³/mol. The fourth-order valence-corrected chi connectivity index (χ4v) is 2.71. The molecular formula is C13H22N2O. The first kappa shape index (κ1) is 11.9. The highest BCUT2D eigenvalue weighted by Crippen LogP contribution is 2.39. The van der Waals surface area contributed by atoms with Gasteiger partial charge in [-0.15, -0.1) is 0 Å². The molecule has 0 amide bonds. The first-order valence-electron chi connectivity index (χ1n) is 6.48. The van der Waals surface area contributed by atoms with Crippen LogP contribution >= 0.6 is 0 Å². The Labute approximate surface area is 98.2 Å². The van der Waals surface area contributed by atoms with Crippen molar-refractivity contribution in [1.82, 2.24) is 5.32 Å². The lowest BCUT2D eigenvalue weighted by atomic mass is 9.96. The van der Waals surface area contributed by atoms with Gasteiger partial charge in [-0.05, 0) is 44.6 Å². The molecule has 1 N–H and O–H groups in total. The molecule has 1 unspecified atom stereocenters. The van der Waals surface area contributed by atoms with Crippen LogP contribution in [0, 0.1) is 23.2 Å². The molecule has 0 spiro atoms. The van der Waals surface area contributed by atoms with E-state index >= 15 is 0 Å². The minimum Gasteiger partial charge on any atom is -0.378 e. The topological polar surface area (TPSA) is 45.0 Å². The molecule has 0 bridgehead atoms. The van der Waals surface area contributed by atoms with Crippen LogP contribution in [0.15, 0.2) is 0 Å². The lowest BCUT2D eigenvalue weighted by Gasteiger charge is -2.26. The Hall–Kier alpha value is -0.590. The largest absolute Gasteiger partial charge is 0.378 e. The standard InChI is InChI=1S/C13H22N2O/c1-15-13(9-14,12-6-7-12)10-16-8-11-4-2-3-5-11/h11-12,15H,2-8,10H2,1H3. The summed E-state index contributed by atoms with van der Waals surface area (Å²) in [5, 5.41) is 12.5. The molecule has 2 aliphatic rings. The predicted octanol–water partition coefficient (Wildman–Crippen LogP) is 2.08. The van der Waals surface area contributed by atoms with E-state index in [-0.39, 0.29) is 0 Å². The molecule has 0 saturated heterocycles. The number of nitrogens with one attached hydrogen (secondary N) is 1. The summed E-state index contributed by atoms with van der Waals surface area (Å²) in [5.74, 6) is 1.25. The van der Waals surface area contributed by atoms with Crippen molar-refractivity contribution in [2.24, 2.45) is 11.8 Å². The van der Waals surface area contributed by atoms with Crippen LogP contribution in [-0.4, -0.2) is 25.8 Å². The Morgan fingerprint density at radius 2 is 2.00 bits per heavy atom. The maximum absolute atomic E-state index is 9.29. The van der Waals surface area contributed by atoms with Crippen LogP contribution in [0.1, 0.15) is 38.5 Å². The second-order valence-corrected chi connectivity index (χ2v) is 5.27. The van der Waals surface area contributed by atoms with E-state index in [0.717, 1.165) is 12.5 Å². The minimum absolute atomic E-state index is 0.418. The fraction of sp³-hybridized carbons (Fsp3) is 0.923. The zero-order valence-electron chi connectivity index (χ0n) is 10.2. The van der Waals surface area contributed by atoms with Gasteiger partial charge in [0.25, 0.3) is 0 Å². The van der Waals surface area contributed by atoms with Crippen molar-refractivity contribution in [3.8, 4) is 6.07 Å². The van der Waals surface area contributed by atoms with Crippen LogP contribution in [0.5, 0.6) is 0 Å². The third-order valence-electron chi connectivity index (χ3n) is 4.08. The molecular weight excluding hydrogens is 200 g/mol. The Kier molecular flexibility index (Phi) is 3.83. The summed E-state index contributed by atoms with van der Waals surface area (Å²) < 4.78 is 5.78. The van der Waals surface area contributed by atoms with E-state index in [4.69, 9.17) is 4.74 Å². The van der Waals surface area contributed by atoms with Crippen LogP contribution in [0.25, 0.3) is 0 Å². The lowest BCUT2D eigenvalue weighted by Crippen LogP contribution is -2.48. The molecule has 0 radical (unpaired) electrons.